The molecule has 1 fully saturated rings. The summed E-state index contributed by atoms with van der Waals surface area (Å²) in [6, 6.07) is 12.4. The van der Waals surface area contributed by atoms with Gasteiger partial charge in [-0.25, -0.2) is 10.3 Å². The maximum Gasteiger partial charge on any atom is 0.281 e. The van der Waals surface area contributed by atoms with Crippen LogP contribution in [-0.4, -0.2) is 40.9 Å². The third kappa shape index (κ3) is 4.39. The third-order valence-electron chi connectivity index (χ3n) is 6.61. The number of fused-ring (bicyclic) bond motifs is 1. The second-order valence-corrected chi connectivity index (χ2v) is 9.03. The van der Waals surface area contributed by atoms with E-state index in [9.17, 15) is 4.79 Å². The molecule has 0 spiro atoms. The molecule has 0 unspecified atom stereocenters. The summed E-state index contributed by atoms with van der Waals surface area (Å²) in [5.74, 6) is 0.840. The Bertz CT molecular complexity index is 1220. The summed E-state index contributed by atoms with van der Waals surface area (Å²) in [5.41, 5.74) is 7.52. The number of aryl methyl sites for hydroxylation is 2. The number of carbonyl (C=O) groups excluding carboxylic acids is 1. The van der Waals surface area contributed by atoms with E-state index >= 15 is 0 Å². The number of hydrogen-bond donors (Lipinski definition) is 1. The van der Waals surface area contributed by atoms with Gasteiger partial charge in [0, 0.05) is 29.3 Å². The Labute approximate surface area is 194 Å². The molecule has 4 heterocycles. The van der Waals surface area contributed by atoms with E-state index in [4.69, 9.17) is 4.98 Å². The molecule has 0 aliphatic carbocycles. The number of piperidine rings is 1. The number of nitrogens with one attached hydrogen (secondary N) is 1. The van der Waals surface area contributed by atoms with E-state index < -0.39 is 0 Å². The summed E-state index contributed by atoms with van der Waals surface area (Å²) in [5, 5.41) is 7.38. The Morgan fingerprint density at radius 1 is 1.06 bits per heavy atom. The van der Waals surface area contributed by atoms with Crippen LogP contribution >= 0.6 is 0 Å². The monoisotopic (exact) mass is 438 g/mol. The van der Waals surface area contributed by atoms with E-state index in [1.165, 1.54) is 24.0 Å². The highest BCUT2D eigenvalue weighted by atomic mass is 16.1. The topological polar surface area (TPSA) is 72.2 Å². The van der Waals surface area contributed by atoms with Gasteiger partial charge < -0.3 is 10.2 Å². The van der Waals surface area contributed by atoms with Crippen LogP contribution in [0.25, 0.3) is 17.3 Å². The number of rotatable bonds is 4. The van der Waals surface area contributed by atoms with E-state index in [0.29, 0.717) is 17.3 Å². The Morgan fingerprint density at radius 2 is 1.88 bits per heavy atom. The highest BCUT2D eigenvalue weighted by Gasteiger charge is 2.23. The molecule has 33 heavy (non-hydrogen) atoms. The standard InChI is InChI=1S/C27H28N5O/c1-17-14-22(6-7-23(17)19-9-12-32(3)13-10-19)30-26-25-20(8-11-28-27(25)33)15-24(31-26)21-5-4-18(2)29-16-21/h4-8,11,14-16,19H,9-10,12-13H2,1-3H3,(H,30,31). The molecule has 0 atom stereocenters. The van der Waals surface area contributed by atoms with Crippen molar-refractivity contribution in [2.24, 2.45) is 0 Å². The summed E-state index contributed by atoms with van der Waals surface area (Å²) in [6.45, 7) is 6.40. The van der Waals surface area contributed by atoms with Gasteiger partial charge in [-0.1, -0.05) is 6.07 Å². The Kier molecular flexibility index (Phi) is 5.68. The number of likely N-dealkylation sites (tertiary alicyclic amines) is 1. The van der Waals surface area contributed by atoms with Crippen LogP contribution in [0.2, 0.25) is 0 Å². The lowest BCUT2D eigenvalue weighted by Crippen LogP contribution is -2.29. The number of carbonyl (C=O) groups is 1. The average Bonchev–Trinajstić information content (AvgIpc) is 2.80. The van der Waals surface area contributed by atoms with Crippen LogP contribution in [-0.2, 0) is 0 Å². The normalized spacial score (nSPS) is 16.4. The second-order valence-electron chi connectivity index (χ2n) is 9.03. The van der Waals surface area contributed by atoms with Crippen molar-refractivity contribution in [3.8, 4) is 11.3 Å². The number of amides is 1. The predicted molar refractivity (Wildman–Crippen MR) is 132 cm³/mol. The first kappa shape index (κ1) is 21.3. The van der Waals surface area contributed by atoms with Crippen LogP contribution < -0.4 is 10.6 Å². The largest absolute Gasteiger partial charge is 0.340 e. The minimum absolute atomic E-state index is 0.282. The Balaban J connectivity index is 1.49. The molecule has 1 aromatic carbocycles. The van der Waals surface area contributed by atoms with E-state index in [1.807, 2.05) is 37.4 Å². The molecule has 1 amide bonds. The molecule has 1 N–H and O–H groups in total. The number of anilines is 2. The van der Waals surface area contributed by atoms with Crippen molar-refractivity contribution in [3.63, 3.8) is 0 Å². The Hall–Kier alpha value is -3.51. The van der Waals surface area contributed by atoms with Crippen LogP contribution in [0.15, 0.2) is 48.8 Å². The van der Waals surface area contributed by atoms with Crippen LogP contribution in [0.1, 0.15) is 51.5 Å². The summed E-state index contributed by atoms with van der Waals surface area (Å²) in [7, 11) is 2.19. The summed E-state index contributed by atoms with van der Waals surface area (Å²) in [4.78, 5) is 24.2. The van der Waals surface area contributed by atoms with Gasteiger partial charge in [-0.3, -0.25) is 9.78 Å². The zero-order valence-electron chi connectivity index (χ0n) is 19.3. The Morgan fingerprint density at radius 3 is 2.61 bits per heavy atom. The van der Waals surface area contributed by atoms with Gasteiger partial charge in [0.2, 0.25) is 0 Å². The maximum atomic E-state index is 12.6. The molecule has 2 aliphatic heterocycles. The fourth-order valence-electron chi connectivity index (χ4n) is 4.70. The molecule has 1 radical (unpaired) electrons. The SMILES string of the molecule is Cc1ccc(-c2cc3c(c(Nc4ccc(C5CCN(C)CC5)c(C)c4)n2)C(=O)[N]C=C3)cn1. The van der Waals surface area contributed by atoms with Crippen molar-refractivity contribution in [1.29, 1.82) is 0 Å². The van der Waals surface area contributed by atoms with Gasteiger partial charge in [0.1, 0.15) is 5.82 Å². The maximum absolute atomic E-state index is 12.6. The lowest BCUT2D eigenvalue weighted by atomic mass is 9.87. The van der Waals surface area contributed by atoms with Crippen LogP contribution in [0.4, 0.5) is 11.5 Å². The lowest BCUT2D eigenvalue weighted by Gasteiger charge is -2.30. The van der Waals surface area contributed by atoms with E-state index in [1.54, 1.807) is 6.20 Å². The molecule has 5 rings (SSSR count). The zero-order valence-corrected chi connectivity index (χ0v) is 19.3. The molecule has 1 saturated heterocycles. The van der Waals surface area contributed by atoms with E-state index in [-0.39, 0.29) is 5.91 Å². The van der Waals surface area contributed by atoms with Gasteiger partial charge in [-0.15, -0.1) is 0 Å². The van der Waals surface area contributed by atoms with Gasteiger partial charge in [-0.2, -0.15) is 0 Å². The van der Waals surface area contributed by atoms with Crippen LogP contribution in [0.3, 0.4) is 0 Å². The van der Waals surface area contributed by atoms with Crippen LogP contribution in [0, 0.1) is 13.8 Å². The molecule has 6 nitrogen and oxygen atoms in total. The van der Waals surface area contributed by atoms with Gasteiger partial charge in [-0.05, 0) is 106 Å². The summed E-state index contributed by atoms with van der Waals surface area (Å²) in [6.07, 6.45) is 7.59. The highest BCUT2D eigenvalue weighted by Crippen LogP contribution is 2.34. The molecule has 2 aliphatic rings. The fraction of sp³-hybridized carbons (Fsp3) is 0.296. The van der Waals surface area contributed by atoms with Gasteiger partial charge >= 0.3 is 0 Å². The van der Waals surface area contributed by atoms with Crippen molar-refractivity contribution < 1.29 is 4.79 Å². The molecule has 2 aromatic heterocycles. The molecular weight excluding hydrogens is 410 g/mol. The number of nitrogens with zero attached hydrogens (tertiary/aromatic N) is 4. The highest BCUT2D eigenvalue weighted by molar-refractivity contribution is 6.05. The van der Waals surface area contributed by atoms with Crippen molar-refractivity contribution in [3.05, 3.63) is 76.7 Å². The summed E-state index contributed by atoms with van der Waals surface area (Å²) < 4.78 is 0. The fourth-order valence-corrected chi connectivity index (χ4v) is 4.70. The number of hydrogen-bond acceptors (Lipinski definition) is 5. The van der Waals surface area contributed by atoms with Crippen molar-refractivity contribution in [2.45, 2.75) is 32.6 Å². The first-order valence-electron chi connectivity index (χ1n) is 11.4. The van der Waals surface area contributed by atoms with Gasteiger partial charge in [0.15, 0.2) is 0 Å². The van der Waals surface area contributed by atoms with Crippen molar-refractivity contribution in [1.82, 2.24) is 20.2 Å². The molecule has 3 aromatic rings. The first-order valence-corrected chi connectivity index (χ1v) is 11.4. The lowest BCUT2D eigenvalue weighted by molar-refractivity contribution is 0.0965. The summed E-state index contributed by atoms with van der Waals surface area (Å²) >= 11 is 0. The second kappa shape index (κ2) is 8.79. The first-order chi connectivity index (χ1) is 16.0. The molecular formula is C27H28N5O. The van der Waals surface area contributed by atoms with Crippen LogP contribution in [0.5, 0.6) is 0 Å². The van der Waals surface area contributed by atoms with Crippen molar-refractivity contribution >= 4 is 23.5 Å². The number of benzene rings is 1. The van der Waals surface area contributed by atoms with Gasteiger partial charge in [0.25, 0.3) is 5.91 Å². The van der Waals surface area contributed by atoms with E-state index in [0.717, 1.165) is 41.3 Å². The minimum Gasteiger partial charge on any atom is -0.340 e. The number of aromatic nitrogens is 2. The third-order valence-corrected chi connectivity index (χ3v) is 6.61. The predicted octanol–water partition coefficient (Wildman–Crippen LogP) is 5.04. The molecule has 6 heteroatoms. The average molecular weight is 439 g/mol. The smallest absolute Gasteiger partial charge is 0.281 e. The van der Waals surface area contributed by atoms with E-state index in [2.05, 4.69) is 52.7 Å². The molecule has 0 saturated carbocycles. The van der Waals surface area contributed by atoms with Crippen molar-refractivity contribution in [2.75, 3.05) is 25.5 Å². The van der Waals surface area contributed by atoms with Gasteiger partial charge in [0.05, 0.1) is 11.3 Å². The minimum atomic E-state index is -0.282. The number of pyridine rings is 2. The molecule has 0 bridgehead atoms. The molecule has 167 valence electrons. The quantitative estimate of drug-likeness (QED) is 0.618. The zero-order chi connectivity index (χ0) is 22.9.